The summed E-state index contributed by atoms with van der Waals surface area (Å²) < 4.78 is 0.973. The van der Waals surface area contributed by atoms with Crippen molar-refractivity contribution in [1.29, 1.82) is 0 Å². The second-order valence-electron chi connectivity index (χ2n) is 7.09. The Kier molecular flexibility index (Phi) is 6.16. The highest BCUT2D eigenvalue weighted by Gasteiger charge is 2.33. The fraction of sp³-hybridized carbons (Fsp3) is 0.333. The Balaban J connectivity index is 1.68. The summed E-state index contributed by atoms with van der Waals surface area (Å²) >= 11 is 2.21. The molecule has 0 spiro atoms. The van der Waals surface area contributed by atoms with Crippen LogP contribution in [0, 0.1) is 3.57 Å². The van der Waals surface area contributed by atoms with Crippen molar-refractivity contribution in [3.63, 3.8) is 0 Å². The second-order valence-corrected chi connectivity index (χ2v) is 8.25. The Bertz CT molecular complexity index is 826. The number of rotatable bonds is 4. The molecule has 0 aliphatic carbocycles. The fourth-order valence-electron chi connectivity index (χ4n) is 3.75. The van der Waals surface area contributed by atoms with Gasteiger partial charge in [0.25, 0.3) is 5.91 Å². The Hall–Kier alpha value is -1.93. The molecule has 1 heterocycles. The van der Waals surface area contributed by atoms with Crippen molar-refractivity contribution in [3.8, 4) is 0 Å². The Morgan fingerprint density at radius 3 is 2.19 bits per heavy atom. The summed E-state index contributed by atoms with van der Waals surface area (Å²) in [6.45, 7) is 6.51. The predicted octanol–water partition coefficient (Wildman–Crippen LogP) is 3.72. The number of hydrogen-bond donors (Lipinski definition) is 1. The third kappa shape index (κ3) is 4.50. The van der Waals surface area contributed by atoms with E-state index in [0.717, 1.165) is 34.3 Å². The number of carboxylic acid groups (broad SMARTS) is 1. The Labute approximate surface area is 173 Å². The molecule has 1 aliphatic heterocycles. The van der Waals surface area contributed by atoms with Gasteiger partial charge in [-0.3, -0.25) is 9.69 Å². The average molecular weight is 478 g/mol. The summed E-state index contributed by atoms with van der Waals surface area (Å²) in [4.78, 5) is 28.3. The minimum atomic E-state index is -0.911. The van der Waals surface area contributed by atoms with E-state index in [9.17, 15) is 9.59 Å². The quantitative estimate of drug-likeness (QED) is 0.681. The van der Waals surface area contributed by atoms with Gasteiger partial charge in [-0.2, -0.15) is 0 Å². The topological polar surface area (TPSA) is 60.9 Å². The Morgan fingerprint density at radius 1 is 1.04 bits per heavy atom. The van der Waals surface area contributed by atoms with Gasteiger partial charge in [-0.05, 0) is 66.3 Å². The minimum absolute atomic E-state index is 0.0884. The number of aromatic carboxylic acids is 1. The first kappa shape index (κ1) is 19.8. The van der Waals surface area contributed by atoms with Crippen LogP contribution in [0.1, 0.15) is 40.1 Å². The van der Waals surface area contributed by atoms with Gasteiger partial charge >= 0.3 is 5.97 Å². The molecular weight excluding hydrogens is 455 g/mol. The van der Waals surface area contributed by atoms with Crippen LogP contribution < -0.4 is 0 Å². The maximum Gasteiger partial charge on any atom is 0.335 e. The molecular formula is C21H23IN2O3. The third-order valence-corrected chi connectivity index (χ3v) is 5.88. The standard InChI is InChI=1S/C21H23IN2O3/c1-14-11-23(13-16-7-9-17(10-8-16)21(26)27)12-15(2)24(14)20(25)18-5-3-4-6-19(18)22/h3-10,14-15H,11-13H2,1-2H3,(H,26,27)/t14-,15+. The van der Waals surface area contributed by atoms with Crippen molar-refractivity contribution in [2.75, 3.05) is 13.1 Å². The number of benzene rings is 2. The molecule has 0 bridgehead atoms. The van der Waals surface area contributed by atoms with Crippen molar-refractivity contribution >= 4 is 34.5 Å². The zero-order chi connectivity index (χ0) is 19.6. The molecule has 0 aromatic heterocycles. The third-order valence-electron chi connectivity index (χ3n) is 4.94. The number of carboxylic acids is 1. The molecule has 1 saturated heterocycles. The van der Waals surface area contributed by atoms with Gasteiger partial charge in [0, 0.05) is 35.3 Å². The van der Waals surface area contributed by atoms with Crippen LogP contribution in [0.3, 0.4) is 0 Å². The maximum absolute atomic E-state index is 13.1. The number of nitrogens with zero attached hydrogens (tertiary/aromatic N) is 2. The normalized spacial score (nSPS) is 20.5. The van der Waals surface area contributed by atoms with E-state index in [4.69, 9.17) is 5.11 Å². The number of hydrogen-bond acceptors (Lipinski definition) is 3. The van der Waals surface area contributed by atoms with Crippen LogP contribution in [-0.2, 0) is 6.54 Å². The first-order chi connectivity index (χ1) is 12.9. The lowest BCUT2D eigenvalue weighted by atomic mass is 10.0. The number of carbonyl (C=O) groups excluding carboxylic acids is 1. The summed E-state index contributed by atoms with van der Waals surface area (Å²) in [6.07, 6.45) is 0. The van der Waals surface area contributed by atoms with Crippen LogP contribution in [0.15, 0.2) is 48.5 Å². The summed E-state index contributed by atoms with van der Waals surface area (Å²) in [6, 6.07) is 14.9. The van der Waals surface area contributed by atoms with Crippen molar-refractivity contribution in [2.24, 2.45) is 0 Å². The van der Waals surface area contributed by atoms with Crippen molar-refractivity contribution < 1.29 is 14.7 Å². The first-order valence-electron chi connectivity index (χ1n) is 8.98. The molecule has 3 rings (SSSR count). The monoisotopic (exact) mass is 478 g/mol. The van der Waals surface area contributed by atoms with E-state index in [1.807, 2.05) is 41.3 Å². The van der Waals surface area contributed by atoms with E-state index in [1.54, 1.807) is 12.1 Å². The zero-order valence-electron chi connectivity index (χ0n) is 15.4. The van der Waals surface area contributed by atoms with E-state index in [1.165, 1.54) is 0 Å². The predicted molar refractivity (Wildman–Crippen MR) is 113 cm³/mol. The molecule has 2 aromatic rings. The van der Waals surface area contributed by atoms with Crippen LogP contribution in [-0.4, -0.2) is 52.0 Å². The first-order valence-corrected chi connectivity index (χ1v) is 10.1. The van der Waals surface area contributed by atoms with E-state index in [0.29, 0.717) is 5.56 Å². The highest BCUT2D eigenvalue weighted by Crippen LogP contribution is 2.23. The molecule has 2 atom stereocenters. The second kappa shape index (κ2) is 8.39. The molecule has 142 valence electrons. The van der Waals surface area contributed by atoms with Crippen molar-refractivity contribution in [1.82, 2.24) is 9.80 Å². The molecule has 2 aromatic carbocycles. The van der Waals surface area contributed by atoms with Gasteiger partial charge in [0.15, 0.2) is 0 Å². The van der Waals surface area contributed by atoms with E-state index in [-0.39, 0.29) is 18.0 Å². The number of halogens is 1. The molecule has 27 heavy (non-hydrogen) atoms. The van der Waals surface area contributed by atoms with Gasteiger partial charge in [0.2, 0.25) is 0 Å². The van der Waals surface area contributed by atoms with Gasteiger partial charge in [0.1, 0.15) is 0 Å². The SMILES string of the molecule is C[C@@H]1CN(Cc2ccc(C(=O)O)cc2)C[C@H](C)N1C(=O)c1ccccc1I. The van der Waals surface area contributed by atoms with Crippen LogP contribution >= 0.6 is 22.6 Å². The van der Waals surface area contributed by atoms with E-state index >= 15 is 0 Å². The number of amides is 1. The summed E-state index contributed by atoms with van der Waals surface area (Å²) in [7, 11) is 0. The summed E-state index contributed by atoms with van der Waals surface area (Å²) in [5, 5.41) is 9.01. The van der Waals surface area contributed by atoms with Crippen LogP contribution in [0.25, 0.3) is 0 Å². The largest absolute Gasteiger partial charge is 0.478 e. The molecule has 5 nitrogen and oxygen atoms in total. The molecule has 1 fully saturated rings. The maximum atomic E-state index is 13.1. The molecule has 1 amide bonds. The lowest BCUT2D eigenvalue weighted by molar-refractivity contribution is 0.0267. The number of carbonyl (C=O) groups is 2. The molecule has 1 aliphatic rings. The highest BCUT2D eigenvalue weighted by atomic mass is 127. The smallest absolute Gasteiger partial charge is 0.335 e. The number of piperazine rings is 1. The summed E-state index contributed by atoms with van der Waals surface area (Å²) in [5.74, 6) is -0.822. The summed E-state index contributed by atoms with van der Waals surface area (Å²) in [5.41, 5.74) is 2.14. The molecule has 0 unspecified atom stereocenters. The lowest BCUT2D eigenvalue weighted by Gasteiger charge is -2.44. The van der Waals surface area contributed by atoms with Crippen LogP contribution in [0.4, 0.5) is 0 Å². The highest BCUT2D eigenvalue weighted by molar-refractivity contribution is 14.1. The van der Waals surface area contributed by atoms with Gasteiger partial charge in [-0.1, -0.05) is 24.3 Å². The van der Waals surface area contributed by atoms with Gasteiger partial charge in [0.05, 0.1) is 11.1 Å². The van der Waals surface area contributed by atoms with E-state index < -0.39 is 5.97 Å². The van der Waals surface area contributed by atoms with Gasteiger partial charge < -0.3 is 10.0 Å². The molecule has 0 radical (unpaired) electrons. The van der Waals surface area contributed by atoms with E-state index in [2.05, 4.69) is 41.3 Å². The van der Waals surface area contributed by atoms with Gasteiger partial charge in [-0.15, -0.1) is 0 Å². The lowest BCUT2D eigenvalue weighted by Crippen LogP contribution is -2.58. The fourth-order valence-corrected chi connectivity index (χ4v) is 4.36. The van der Waals surface area contributed by atoms with Gasteiger partial charge in [-0.25, -0.2) is 4.79 Å². The van der Waals surface area contributed by atoms with Crippen LogP contribution in [0.2, 0.25) is 0 Å². The van der Waals surface area contributed by atoms with Crippen molar-refractivity contribution in [3.05, 3.63) is 68.8 Å². The molecule has 1 N–H and O–H groups in total. The average Bonchev–Trinajstić information content (AvgIpc) is 2.62. The minimum Gasteiger partial charge on any atom is -0.478 e. The molecule has 6 heteroatoms. The molecule has 0 saturated carbocycles. The van der Waals surface area contributed by atoms with Crippen molar-refractivity contribution in [2.45, 2.75) is 32.5 Å². The zero-order valence-corrected chi connectivity index (χ0v) is 17.6. The van der Waals surface area contributed by atoms with Crippen LogP contribution in [0.5, 0.6) is 0 Å². The Morgan fingerprint density at radius 2 is 1.63 bits per heavy atom.